The highest BCUT2D eigenvalue weighted by Gasteiger charge is 2.22. The van der Waals surface area contributed by atoms with Crippen LogP contribution in [-0.2, 0) is 6.54 Å². The second kappa shape index (κ2) is 8.93. The van der Waals surface area contributed by atoms with E-state index in [4.69, 9.17) is 15.2 Å². The highest BCUT2D eigenvalue weighted by atomic mass is 16.5. The van der Waals surface area contributed by atoms with Crippen LogP contribution in [0.15, 0.2) is 48.5 Å². The molecule has 0 spiro atoms. The van der Waals surface area contributed by atoms with Crippen molar-refractivity contribution in [1.29, 1.82) is 0 Å². The molecule has 0 aliphatic carbocycles. The van der Waals surface area contributed by atoms with Crippen LogP contribution in [0.4, 0.5) is 0 Å². The molecule has 2 N–H and O–H groups in total. The van der Waals surface area contributed by atoms with Gasteiger partial charge in [-0.1, -0.05) is 36.4 Å². The van der Waals surface area contributed by atoms with Crippen LogP contribution in [0.5, 0.6) is 11.5 Å². The molecule has 0 saturated heterocycles. The molecule has 0 radical (unpaired) electrons. The number of rotatable bonds is 8. The van der Waals surface area contributed by atoms with Gasteiger partial charge in [0, 0.05) is 13.1 Å². The molecule has 5 heteroatoms. The number of methoxy groups -OCH3 is 2. The summed E-state index contributed by atoms with van der Waals surface area (Å²) in [6.45, 7) is 1.65. The zero-order valence-corrected chi connectivity index (χ0v) is 14.2. The molecule has 2 rings (SSSR count). The monoisotopic (exact) mass is 328 g/mol. The van der Waals surface area contributed by atoms with Crippen molar-refractivity contribution in [2.45, 2.75) is 13.0 Å². The standard InChI is InChI=1S/C19H24N2O3/c1-23-17-11-6-10-16(18(17)24-2)19(22)21(13-7-12-20)14-15-8-4-3-5-9-15/h3-6,8-11H,7,12-14,20H2,1-2H3. The van der Waals surface area contributed by atoms with Crippen molar-refractivity contribution in [2.24, 2.45) is 5.73 Å². The summed E-state index contributed by atoms with van der Waals surface area (Å²) in [6, 6.07) is 15.2. The van der Waals surface area contributed by atoms with Gasteiger partial charge in [0.05, 0.1) is 19.8 Å². The average molecular weight is 328 g/mol. The number of para-hydroxylation sites is 1. The smallest absolute Gasteiger partial charge is 0.258 e. The Bertz CT molecular complexity index is 659. The van der Waals surface area contributed by atoms with E-state index in [2.05, 4.69) is 0 Å². The van der Waals surface area contributed by atoms with Gasteiger partial charge in [0.1, 0.15) is 0 Å². The Hall–Kier alpha value is -2.53. The number of carbonyl (C=O) groups excluding carboxylic acids is 1. The van der Waals surface area contributed by atoms with E-state index in [1.807, 2.05) is 30.3 Å². The van der Waals surface area contributed by atoms with Crippen LogP contribution in [0.1, 0.15) is 22.3 Å². The minimum atomic E-state index is -0.0944. The van der Waals surface area contributed by atoms with E-state index in [9.17, 15) is 4.79 Å². The van der Waals surface area contributed by atoms with Crippen molar-refractivity contribution >= 4 is 5.91 Å². The van der Waals surface area contributed by atoms with Crippen molar-refractivity contribution in [3.63, 3.8) is 0 Å². The highest BCUT2D eigenvalue weighted by Crippen LogP contribution is 2.31. The molecular weight excluding hydrogens is 304 g/mol. The predicted octanol–water partition coefficient (Wildman–Crippen LogP) is 2.70. The molecule has 24 heavy (non-hydrogen) atoms. The first-order chi connectivity index (χ1) is 11.7. The molecule has 0 aliphatic rings. The summed E-state index contributed by atoms with van der Waals surface area (Å²) >= 11 is 0. The van der Waals surface area contributed by atoms with E-state index >= 15 is 0 Å². The average Bonchev–Trinajstić information content (AvgIpc) is 2.64. The molecule has 1 amide bonds. The third-order valence-electron chi connectivity index (χ3n) is 3.77. The topological polar surface area (TPSA) is 64.8 Å². The van der Waals surface area contributed by atoms with Crippen molar-refractivity contribution in [2.75, 3.05) is 27.3 Å². The first-order valence-electron chi connectivity index (χ1n) is 7.95. The molecule has 2 aromatic carbocycles. The van der Waals surface area contributed by atoms with E-state index in [0.717, 1.165) is 12.0 Å². The Morgan fingerprint density at radius 3 is 2.42 bits per heavy atom. The molecule has 0 aromatic heterocycles. The maximum absolute atomic E-state index is 13.1. The number of benzene rings is 2. The van der Waals surface area contributed by atoms with Gasteiger partial charge in [0.15, 0.2) is 11.5 Å². The largest absolute Gasteiger partial charge is 0.493 e. The number of ether oxygens (including phenoxy) is 2. The van der Waals surface area contributed by atoms with Crippen molar-refractivity contribution in [3.05, 3.63) is 59.7 Å². The van der Waals surface area contributed by atoms with Gasteiger partial charge in [0.2, 0.25) is 0 Å². The number of nitrogens with two attached hydrogens (primary N) is 1. The first kappa shape index (κ1) is 17.8. The zero-order chi connectivity index (χ0) is 17.4. The SMILES string of the molecule is COc1cccc(C(=O)N(CCCN)Cc2ccccc2)c1OC. The third kappa shape index (κ3) is 4.26. The fourth-order valence-electron chi connectivity index (χ4n) is 2.56. The van der Waals surface area contributed by atoms with Gasteiger partial charge < -0.3 is 20.1 Å². The summed E-state index contributed by atoms with van der Waals surface area (Å²) in [7, 11) is 3.10. The van der Waals surface area contributed by atoms with E-state index < -0.39 is 0 Å². The fraction of sp³-hybridized carbons (Fsp3) is 0.316. The van der Waals surface area contributed by atoms with Gasteiger partial charge in [-0.25, -0.2) is 0 Å². The predicted molar refractivity (Wildman–Crippen MR) is 94.4 cm³/mol. The van der Waals surface area contributed by atoms with Crippen molar-refractivity contribution in [1.82, 2.24) is 4.90 Å². The molecule has 0 fully saturated rings. The Morgan fingerprint density at radius 2 is 1.79 bits per heavy atom. The molecule has 5 nitrogen and oxygen atoms in total. The lowest BCUT2D eigenvalue weighted by molar-refractivity contribution is 0.0738. The second-order valence-electron chi connectivity index (χ2n) is 5.40. The number of hydrogen-bond donors (Lipinski definition) is 1. The van der Waals surface area contributed by atoms with E-state index in [1.165, 1.54) is 7.11 Å². The fourth-order valence-corrected chi connectivity index (χ4v) is 2.56. The number of hydrogen-bond acceptors (Lipinski definition) is 4. The first-order valence-corrected chi connectivity index (χ1v) is 7.95. The van der Waals surface area contributed by atoms with Crippen LogP contribution >= 0.6 is 0 Å². The maximum Gasteiger partial charge on any atom is 0.258 e. The molecule has 0 aliphatic heterocycles. The highest BCUT2D eigenvalue weighted by molar-refractivity contribution is 5.97. The lowest BCUT2D eigenvalue weighted by Crippen LogP contribution is -2.32. The normalized spacial score (nSPS) is 10.3. The van der Waals surface area contributed by atoms with Gasteiger partial charge in [-0.2, -0.15) is 0 Å². The second-order valence-corrected chi connectivity index (χ2v) is 5.40. The Labute approximate surface area is 143 Å². The quantitative estimate of drug-likeness (QED) is 0.809. The lowest BCUT2D eigenvalue weighted by atomic mass is 10.1. The van der Waals surface area contributed by atoms with Crippen LogP contribution in [0, 0.1) is 0 Å². The molecular formula is C19H24N2O3. The Balaban J connectivity index is 2.30. The van der Waals surface area contributed by atoms with Crippen LogP contribution in [0.25, 0.3) is 0 Å². The Kier molecular flexibility index (Phi) is 6.63. The summed E-state index contributed by atoms with van der Waals surface area (Å²) in [4.78, 5) is 14.8. The van der Waals surface area contributed by atoms with Gasteiger partial charge in [-0.3, -0.25) is 4.79 Å². The minimum Gasteiger partial charge on any atom is -0.493 e. The van der Waals surface area contributed by atoms with Crippen LogP contribution in [0.3, 0.4) is 0 Å². The molecule has 2 aromatic rings. The Morgan fingerprint density at radius 1 is 1.04 bits per heavy atom. The summed E-state index contributed by atoms with van der Waals surface area (Å²) in [5.74, 6) is 0.903. The maximum atomic E-state index is 13.1. The van der Waals surface area contributed by atoms with Crippen molar-refractivity contribution in [3.8, 4) is 11.5 Å². The summed E-state index contributed by atoms with van der Waals surface area (Å²) in [5.41, 5.74) is 7.19. The van der Waals surface area contributed by atoms with Crippen LogP contribution in [-0.4, -0.2) is 38.1 Å². The van der Waals surface area contributed by atoms with Gasteiger partial charge in [-0.05, 0) is 30.7 Å². The minimum absolute atomic E-state index is 0.0944. The van der Waals surface area contributed by atoms with Gasteiger partial charge in [-0.15, -0.1) is 0 Å². The third-order valence-corrected chi connectivity index (χ3v) is 3.77. The molecule has 0 saturated carbocycles. The number of amides is 1. The lowest BCUT2D eigenvalue weighted by Gasteiger charge is -2.24. The van der Waals surface area contributed by atoms with Crippen LogP contribution < -0.4 is 15.2 Å². The number of nitrogens with zero attached hydrogens (tertiary/aromatic N) is 1. The summed E-state index contributed by atoms with van der Waals surface area (Å²) < 4.78 is 10.7. The van der Waals surface area contributed by atoms with Gasteiger partial charge >= 0.3 is 0 Å². The summed E-state index contributed by atoms with van der Waals surface area (Å²) in [6.07, 6.45) is 0.741. The molecule has 0 bridgehead atoms. The van der Waals surface area contributed by atoms with Crippen molar-refractivity contribution < 1.29 is 14.3 Å². The van der Waals surface area contributed by atoms with Crippen LogP contribution in [0.2, 0.25) is 0 Å². The summed E-state index contributed by atoms with van der Waals surface area (Å²) in [5, 5.41) is 0. The van der Waals surface area contributed by atoms with E-state index in [0.29, 0.717) is 36.7 Å². The van der Waals surface area contributed by atoms with Gasteiger partial charge in [0.25, 0.3) is 5.91 Å². The number of carbonyl (C=O) groups is 1. The molecule has 128 valence electrons. The van der Waals surface area contributed by atoms with E-state index in [1.54, 1.807) is 30.2 Å². The van der Waals surface area contributed by atoms with E-state index in [-0.39, 0.29) is 5.91 Å². The zero-order valence-electron chi connectivity index (χ0n) is 14.2. The molecule has 0 atom stereocenters. The molecule has 0 unspecified atom stereocenters. The molecule has 0 heterocycles.